The Morgan fingerprint density at radius 3 is 2.53 bits per heavy atom. The zero-order valence-corrected chi connectivity index (χ0v) is 9.09. The third-order valence-electron chi connectivity index (χ3n) is 1.97. The Labute approximate surface area is 89.3 Å². The highest BCUT2D eigenvalue weighted by Gasteiger charge is 2.15. The van der Waals surface area contributed by atoms with Crippen molar-refractivity contribution < 1.29 is 9.59 Å². The van der Waals surface area contributed by atoms with Gasteiger partial charge in [-0.1, -0.05) is 0 Å². The van der Waals surface area contributed by atoms with Crippen LogP contribution in [-0.2, 0) is 9.59 Å². The molecule has 0 aliphatic carbocycles. The molecule has 15 heavy (non-hydrogen) atoms. The van der Waals surface area contributed by atoms with E-state index in [2.05, 4.69) is 16.0 Å². The molecule has 6 nitrogen and oxygen atoms in total. The second-order valence-electron chi connectivity index (χ2n) is 3.00. The van der Waals surface area contributed by atoms with Crippen LogP contribution in [0.1, 0.15) is 12.8 Å². The number of amides is 2. The minimum absolute atomic E-state index is 0.127. The van der Waals surface area contributed by atoms with Crippen molar-refractivity contribution in [2.24, 2.45) is 0 Å². The number of rotatable bonds is 7. The highest BCUT2D eigenvalue weighted by Crippen LogP contribution is 1.96. The lowest BCUT2D eigenvalue weighted by Crippen LogP contribution is -2.41. The van der Waals surface area contributed by atoms with E-state index in [4.69, 9.17) is 5.41 Å². The molecular formula is C9H18N4O2. The summed E-state index contributed by atoms with van der Waals surface area (Å²) in [4.78, 5) is 22.4. The molecule has 0 spiro atoms. The van der Waals surface area contributed by atoms with Gasteiger partial charge in [-0.3, -0.25) is 9.59 Å². The first-order valence-corrected chi connectivity index (χ1v) is 4.80. The maximum Gasteiger partial charge on any atom is 0.236 e. The first kappa shape index (κ1) is 13.6. The van der Waals surface area contributed by atoms with Crippen LogP contribution in [0, 0.1) is 5.41 Å². The molecule has 0 aliphatic rings. The molecule has 0 heterocycles. The Morgan fingerprint density at radius 2 is 2.07 bits per heavy atom. The summed E-state index contributed by atoms with van der Waals surface area (Å²) in [5.74, 6) is -0.278. The standard InChI is InChI=1S/C9H18N4O2/c1-11-7(9(15)12-2)3-4-8(14)13-6-5-10/h5,7,10-11H,3-4,6H2,1-2H3,(H,12,15)(H,13,14)/t7-/m0/s1. The van der Waals surface area contributed by atoms with Gasteiger partial charge in [-0.05, 0) is 13.5 Å². The van der Waals surface area contributed by atoms with Gasteiger partial charge in [0.1, 0.15) is 0 Å². The minimum Gasteiger partial charge on any atom is -0.358 e. The maximum absolute atomic E-state index is 11.2. The highest BCUT2D eigenvalue weighted by molar-refractivity contribution is 5.83. The van der Waals surface area contributed by atoms with Crippen molar-refractivity contribution in [2.45, 2.75) is 18.9 Å². The summed E-state index contributed by atoms with van der Waals surface area (Å²) in [6.45, 7) is 0.239. The van der Waals surface area contributed by atoms with Crippen molar-refractivity contribution in [1.29, 1.82) is 5.41 Å². The molecule has 0 aromatic rings. The van der Waals surface area contributed by atoms with Gasteiger partial charge in [0.2, 0.25) is 11.8 Å². The van der Waals surface area contributed by atoms with Crippen molar-refractivity contribution in [3.05, 3.63) is 0 Å². The van der Waals surface area contributed by atoms with E-state index in [1.54, 1.807) is 14.1 Å². The van der Waals surface area contributed by atoms with Crippen LogP contribution in [0.2, 0.25) is 0 Å². The molecule has 4 N–H and O–H groups in total. The topological polar surface area (TPSA) is 94.1 Å². The van der Waals surface area contributed by atoms with E-state index in [0.717, 1.165) is 6.21 Å². The van der Waals surface area contributed by atoms with Crippen molar-refractivity contribution >= 4 is 18.0 Å². The summed E-state index contributed by atoms with van der Waals surface area (Å²) >= 11 is 0. The maximum atomic E-state index is 11.2. The average Bonchev–Trinajstić information content (AvgIpc) is 2.26. The average molecular weight is 214 g/mol. The van der Waals surface area contributed by atoms with E-state index in [9.17, 15) is 9.59 Å². The van der Waals surface area contributed by atoms with Crippen LogP contribution in [0.15, 0.2) is 0 Å². The second kappa shape index (κ2) is 7.93. The van der Waals surface area contributed by atoms with Gasteiger partial charge in [-0.25, -0.2) is 0 Å². The van der Waals surface area contributed by atoms with Gasteiger partial charge in [0.25, 0.3) is 0 Å². The van der Waals surface area contributed by atoms with Crippen molar-refractivity contribution in [3.63, 3.8) is 0 Å². The van der Waals surface area contributed by atoms with Crippen LogP contribution in [0.5, 0.6) is 0 Å². The third kappa shape index (κ3) is 5.79. The van der Waals surface area contributed by atoms with E-state index in [-0.39, 0.29) is 30.8 Å². The molecule has 86 valence electrons. The molecule has 0 radical (unpaired) electrons. The Balaban J connectivity index is 3.84. The molecule has 0 aromatic carbocycles. The first-order chi connectivity index (χ1) is 7.15. The largest absolute Gasteiger partial charge is 0.358 e. The van der Waals surface area contributed by atoms with Crippen LogP contribution in [0.3, 0.4) is 0 Å². The Hall–Kier alpha value is -1.43. The highest BCUT2D eigenvalue weighted by atomic mass is 16.2. The zero-order chi connectivity index (χ0) is 11.7. The number of likely N-dealkylation sites (N-methyl/N-ethyl adjacent to an activating group) is 2. The molecule has 2 amide bonds. The van der Waals surface area contributed by atoms with Crippen molar-refractivity contribution in [3.8, 4) is 0 Å². The van der Waals surface area contributed by atoms with Crippen LogP contribution in [0.4, 0.5) is 0 Å². The fourth-order valence-electron chi connectivity index (χ4n) is 1.11. The number of hydrogen-bond acceptors (Lipinski definition) is 4. The summed E-state index contributed by atoms with van der Waals surface area (Å²) < 4.78 is 0. The third-order valence-corrected chi connectivity index (χ3v) is 1.97. The summed E-state index contributed by atoms with van der Waals surface area (Å²) in [7, 11) is 3.23. The number of carbonyl (C=O) groups is 2. The first-order valence-electron chi connectivity index (χ1n) is 4.80. The predicted octanol–water partition coefficient (Wildman–Crippen LogP) is -1.13. The van der Waals surface area contributed by atoms with Gasteiger partial charge in [-0.15, -0.1) is 0 Å². The van der Waals surface area contributed by atoms with E-state index >= 15 is 0 Å². The monoisotopic (exact) mass is 214 g/mol. The smallest absolute Gasteiger partial charge is 0.236 e. The molecule has 6 heteroatoms. The fraction of sp³-hybridized carbons (Fsp3) is 0.667. The summed E-state index contributed by atoms with van der Waals surface area (Å²) in [5, 5.41) is 14.6. The Bertz CT molecular complexity index is 230. The molecular weight excluding hydrogens is 196 g/mol. The minimum atomic E-state index is -0.347. The molecule has 0 saturated carbocycles. The molecule has 0 saturated heterocycles. The van der Waals surface area contributed by atoms with E-state index in [0.29, 0.717) is 6.42 Å². The van der Waals surface area contributed by atoms with Crippen molar-refractivity contribution in [2.75, 3.05) is 20.6 Å². The second-order valence-corrected chi connectivity index (χ2v) is 3.00. The van der Waals surface area contributed by atoms with Crippen LogP contribution in [0.25, 0.3) is 0 Å². The van der Waals surface area contributed by atoms with Crippen LogP contribution >= 0.6 is 0 Å². The van der Waals surface area contributed by atoms with Gasteiger partial charge < -0.3 is 21.4 Å². The van der Waals surface area contributed by atoms with Crippen LogP contribution in [-0.4, -0.2) is 44.7 Å². The normalized spacial score (nSPS) is 11.6. The SMILES string of the molecule is CNC(=O)[C@H](CCC(=O)NCC=N)NC. The Morgan fingerprint density at radius 1 is 1.40 bits per heavy atom. The fourth-order valence-corrected chi connectivity index (χ4v) is 1.11. The van der Waals surface area contributed by atoms with Crippen molar-refractivity contribution in [1.82, 2.24) is 16.0 Å². The van der Waals surface area contributed by atoms with Gasteiger partial charge in [0.05, 0.1) is 12.6 Å². The van der Waals surface area contributed by atoms with E-state index in [1.165, 1.54) is 0 Å². The molecule has 0 fully saturated rings. The van der Waals surface area contributed by atoms with Gasteiger partial charge >= 0.3 is 0 Å². The van der Waals surface area contributed by atoms with Gasteiger partial charge in [-0.2, -0.15) is 0 Å². The van der Waals surface area contributed by atoms with E-state index in [1.807, 2.05) is 0 Å². The molecule has 0 bridgehead atoms. The van der Waals surface area contributed by atoms with Gasteiger partial charge in [0, 0.05) is 19.7 Å². The van der Waals surface area contributed by atoms with Crippen LogP contribution < -0.4 is 16.0 Å². The van der Waals surface area contributed by atoms with Gasteiger partial charge in [0.15, 0.2) is 0 Å². The lowest BCUT2D eigenvalue weighted by atomic mass is 10.1. The zero-order valence-electron chi connectivity index (χ0n) is 9.09. The lowest BCUT2D eigenvalue weighted by molar-refractivity contribution is -0.123. The Kier molecular flexibility index (Phi) is 7.17. The quantitative estimate of drug-likeness (QED) is 0.404. The number of hydrogen-bond donors (Lipinski definition) is 4. The predicted molar refractivity (Wildman–Crippen MR) is 57.9 cm³/mol. The molecule has 0 aliphatic heterocycles. The molecule has 0 rings (SSSR count). The number of nitrogens with one attached hydrogen (secondary N) is 4. The summed E-state index contributed by atoms with van der Waals surface area (Å²) in [6, 6.07) is -0.347. The molecule has 0 unspecified atom stereocenters. The lowest BCUT2D eigenvalue weighted by Gasteiger charge is -2.13. The number of carbonyl (C=O) groups excluding carboxylic acids is 2. The summed E-state index contributed by atoms with van der Waals surface area (Å²) in [6.07, 6.45) is 1.83. The molecule has 1 atom stereocenters. The molecule has 0 aromatic heterocycles. The van der Waals surface area contributed by atoms with E-state index < -0.39 is 0 Å². The summed E-state index contributed by atoms with van der Waals surface area (Å²) in [5.41, 5.74) is 0.